The number of carbonyl (C=O) groups excluding carboxylic acids is 1. The van der Waals surface area contributed by atoms with Crippen LogP contribution in [0.1, 0.15) is 98.3 Å². The molecule has 0 bridgehead atoms. The van der Waals surface area contributed by atoms with Crippen LogP contribution in [0.15, 0.2) is 0 Å². The topological polar surface area (TPSA) is 84.9 Å². The van der Waals surface area contributed by atoms with Gasteiger partial charge in [-0.25, -0.2) is 9.59 Å². The van der Waals surface area contributed by atoms with E-state index in [2.05, 4.69) is 46.1 Å². The largest absolute Gasteiger partial charge is 0.465 e. The van der Waals surface area contributed by atoms with Gasteiger partial charge in [0.2, 0.25) is 0 Å². The lowest BCUT2D eigenvalue weighted by atomic mass is 9.96. The summed E-state index contributed by atoms with van der Waals surface area (Å²) in [6.07, 6.45) is 11.3. The molecule has 1 aliphatic rings. The van der Waals surface area contributed by atoms with Crippen molar-refractivity contribution in [1.29, 1.82) is 0 Å². The van der Waals surface area contributed by atoms with Crippen LogP contribution in [0.4, 0.5) is 4.79 Å². The van der Waals surface area contributed by atoms with Gasteiger partial charge < -0.3 is 19.6 Å². The lowest BCUT2D eigenvalue weighted by Gasteiger charge is -2.42. The molecule has 1 heterocycles. The summed E-state index contributed by atoms with van der Waals surface area (Å²) in [6, 6.07) is -0.767. The molecule has 30 heavy (non-hydrogen) atoms. The number of cyclic esters (lactones) is 1. The third-order valence-electron chi connectivity index (χ3n) is 6.56. The average molecular weight is 444 g/mol. The Hall–Kier alpha value is -1.08. The van der Waals surface area contributed by atoms with Gasteiger partial charge in [-0.2, -0.15) is 0 Å². The lowest BCUT2D eigenvalue weighted by Crippen LogP contribution is -2.61. The molecule has 1 amide bonds. The first kappa shape index (κ1) is 27.0. The van der Waals surface area contributed by atoms with Gasteiger partial charge in [0.15, 0.2) is 14.4 Å². The number of carboxylic acid groups (broad SMARTS) is 1. The maximum Gasteiger partial charge on any atom is 0.405 e. The quantitative estimate of drug-likeness (QED) is 0.177. The smallest absolute Gasteiger partial charge is 0.405 e. The van der Waals surface area contributed by atoms with Crippen LogP contribution in [0.5, 0.6) is 0 Å². The van der Waals surface area contributed by atoms with Crippen molar-refractivity contribution in [2.75, 3.05) is 0 Å². The Morgan fingerprint density at radius 2 is 1.63 bits per heavy atom. The summed E-state index contributed by atoms with van der Waals surface area (Å²) < 4.78 is 11.9. The summed E-state index contributed by atoms with van der Waals surface area (Å²) in [5, 5.41) is 11.3. The minimum absolute atomic E-state index is 0.00774. The summed E-state index contributed by atoms with van der Waals surface area (Å²) >= 11 is 0. The summed E-state index contributed by atoms with van der Waals surface area (Å²) in [5.41, 5.74) is 0. The van der Waals surface area contributed by atoms with Crippen molar-refractivity contribution in [2.45, 2.75) is 135 Å². The van der Waals surface area contributed by atoms with Crippen LogP contribution in [-0.4, -0.2) is 43.7 Å². The number of carbonyl (C=O) groups is 2. The van der Waals surface area contributed by atoms with Crippen LogP contribution >= 0.6 is 0 Å². The fourth-order valence-electron chi connectivity index (χ4n) is 3.60. The number of hydrogen-bond donors (Lipinski definition) is 2. The Kier molecular flexibility index (Phi) is 11.4. The Morgan fingerprint density at radius 1 is 1.10 bits per heavy atom. The van der Waals surface area contributed by atoms with Gasteiger partial charge in [0.1, 0.15) is 6.10 Å². The molecule has 7 heteroatoms. The molecule has 0 saturated carbocycles. The highest BCUT2D eigenvalue weighted by molar-refractivity contribution is 6.74. The standard InChI is InChI=1S/C23H45NO5Si/c1-7-8-9-10-11-12-13-14-15-16-18(29-30(5,6)23(2,3)4)17-19-20(21(25)28-19)24-22(26)27/h18-20,24H,7-17H2,1-6H3,(H,26,27). The molecule has 1 saturated heterocycles. The van der Waals surface area contributed by atoms with E-state index >= 15 is 0 Å². The second kappa shape index (κ2) is 12.7. The van der Waals surface area contributed by atoms with Crippen LogP contribution in [0.25, 0.3) is 0 Å². The van der Waals surface area contributed by atoms with E-state index in [-0.39, 0.29) is 11.1 Å². The summed E-state index contributed by atoms with van der Waals surface area (Å²) in [4.78, 5) is 22.6. The monoisotopic (exact) mass is 443 g/mol. The molecule has 0 radical (unpaired) electrons. The fraction of sp³-hybridized carbons (Fsp3) is 0.913. The van der Waals surface area contributed by atoms with Crippen molar-refractivity contribution in [1.82, 2.24) is 5.32 Å². The van der Waals surface area contributed by atoms with E-state index in [1.807, 2.05) is 0 Å². The van der Waals surface area contributed by atoms with Gasteiger partial charge in [-0.05, 0) is 24.6 Å². The summed E-state index contributed by atoms with van der Waals surface area (Å²) in [5.74, 6) is -0.489. The van der Waals surface area contributed by atoms with E-state index in [9.17, 15) is 9.59 Å². The van der Waals surface area contributed by atoms with Gasteiger partial charge in [0.25, 0.3) is 0 Å². The second-order valence-electron chi connectivity index (χ2n) is 10.3. The number of unbranched alkanes of at least 4 members (excludes halogenated alkanes) is 8. The van der Waals surface area contributed by atoms with E-state index in [4.69, 9.17) is 14.3 Å². The first-order valence-corrected chi connectivity index (χ1v) is 14.8. The molecule has 0 aromatic heterocycles. The first-order valence-electron chi connectivity index (χ1n) is 11.9. The zero-order chi connectivity index (χ0) is 22.8. The summed E-state index contributed by atoms with van der Waals surface area (Å²) in [6.45, 7) is 13.4. The van der Waals surface area contributed by atoms with Gasteiger partial charge in [0.05, 0.1) is 0 Å². The number of nitrogens with one attached hydrogen (secondary N) is 1. The van der Waals surface area contributed by atoms with Gasteiger partial charge >= 0.3 is 12.1 Å². The third-order valence-corrected chi connectivity index (χ3v) is 11.1. The Labute approximate surface area is 184 Å². The Bertz CT molecular complexity index is 532. The van der Waals surface area contributed by atoms with Crippen LogP contribution < -0.4 is 5.32 Å². The number of rotatable bonds is 15. The molecule has 0 aliphatic carbocycles. The second-order valence-corrected chi connectivity index (χ2v) is 15.0. The Morgan fingerprint density at radius 3 is 2.10 bits per heavy atom. The molecule has 2 N–H and O–H groups in total. The molecular weight excluding hydrogens is 398 g/mol. The molecule has 3 unspecified atom stereocenters. The first-order chi connectivity index (χ1) is 14.0. The highest BCUT2D eigenvalue weighted by Crippen LogP contribution is 2.39. The highest BCUT2D eigenvalue weighted by atomic mass is 28.4. The lowest BCUT2D eigenvalue weighted by molar-refractivity contribution is -0.179. The molecule has 1 rings (SSSR count). The maximum absolute atomic E-state index is 11.6. The number of hydrogen-bond acceptors (Lipinski definition) is 4. The molecule has 0 spiro atoms. The van der Waals surface area contributed by atoms with E-state index in [0.717, 1.165) is 12.8 Å². The molecule has 3 atom stereocenters. The van der Waals surface area contributed by atoms with Crippen molar-refractivity contribution in [2.24, 2.45) is 0 Å². The van der Waals surface area contributed by atoms with Gasteiger partial charge in [-0.1, -0.05) is 85.5 Å². The predicted molar refractivity (Wildman–Crippen MR) is 123 cm³/mol. The summed E-state index contributed by atoms with van der Waals surface area (Å²) in [7, 11) is -1.97. The Balaban J connectivity index is 2.51. The highest BCUT2D eigenvalue weighted by Gasteiger charge is 2.46. The minimum atomic E-state index is -1.97. The molecular formula is C23H45NO5Si. The minimum Gasteiger partial charge on any atom is -0.465 e. The molecule has 1 aliphatic heterocycles. The van der Waals surface area contributed by atoms with E-state index in [1.165, 1.54) is 51.4 Å². The van der Waals surface area contributed by atoms with Gasteiger partial charge in [-0.15, -0.1) is 0 Å². The third kappa shape index (κ3) is 9.37. The van der Waals surface area contributed by atoms with Crippen LogP contribution in [-0.2, 0) is 14.0 Å². The van der Waals surface area contributed by atoms with Crippen molar-refractivity contribution in [3.63, 3.8) is 0 Å². The SMILES string of the molecule is CCCCCCCCCCCC(CC1OC(=O)C1NC(=O)O)O[Si](C)(C)C(C)(C)C. The van der Waals surface area contributed by atoms with Gasteiger partial charge in [0, 0.05) is 12.5 Å². The molecule has 0 aromatic carbocycles. The van der Waals surface area contributed by atoms with Crippen molar-refractivity contribution < 1.29 is 23.9 Å². The van der Waals surface area contributed by atoms with Crippen molar-refractivity contribution >= 4 is 20.4 Å². The average Bonchev–Trinajstić information content (AvgIpc) is 2.63. The van der Waals surface area contributed by atoms with Gasteiger partial charge in [-0.3, -0.25) is 0 Å². The maximum atomic E-state index is 11.6. The van der Waals surface area contributed by atoms with Crippen LogP contribution in [0, 0.1) is 0 Å². The molecule has 0 aromatic rings. The number of esters is 1. The zero-order valence-corrected chi connectivity index (χ0v) is 21.1. The fourth-order valence-corrected chi connectivity index (χ4v) is 5.00. The predicted octanol–water partition coefficient (Wildman–Crippen LogP) is 6.25. The van der Waals surface area contributed by atoms with E-state index in [0.29, 0.717) is 6.42 Å². The van der Waals surface area contributed by atoms with Crippen LogP contribution in [0.2, 0.25) is 18.1 Å². The van der Waals surface area contributed by atoms with E-state index in [1.54, 1.807) is 0 Å². The van der Waals surface area contributed by atoms with Crippen molar-refractivity contribution in [3.05, 3.63) is 0 Å². The molecule has 6 nitrogen and oxygen atoms in total. The van der Waals surface area contributed by atoms with Crippen molar-refractivity contribution in [3.8, 4) is 0 Å². The number of amides is 1. The number of ether oxygens (including phenoxy) is 1. The molecule has 176 valence electrons. The molecule has 1 fully saturated rings. The zero-order valence-electron chi connectivity index (χ0n) is 20.1. The normalized spacial score (nSPS) is 20.4. The van der Waals surface area contributed by atoms with Crippen LogP contribution in [0.3, 0.4) is 0 Å². The van der Waals surface area contributed by atoms with E-state index < -0.39 is 32.5 Å².